The number of amides is 3. The molecule has 1 aliphatic carbocycles. The van der Waals surface area contributed by atoms with Crippen LogP contribution in [0.25, 0.3) is 10.9 Å². The van der Waals surface area contributed by atoms with Gasteiger partial charge in [-0.05, 0) is 57.4 Å². The minimum atomic E-state index is -0.608. The third-order valence-electron chi connectivity index (χ3n) is 5.21. The molecule has 2 N–H and O–H groups in total. The predicted molar refractivity (Wildman–Crippen MR) is 123 cm³/mol. The van der Waals surface area contributed by atoms with Crippen molar-refractivity contribution < 1.29 is 9.59 Å². The smallest absolute Gasteiger partial charge is 0.307 e. The van der Waals surface area contributed by atoms with Crippen LogP contribution in [0.2, 0.25) is 0 Å². The average Bonchev–Trinajstić information content (AvgIpc) is 3.55. The summed E-state index contributed by atoms with van der Waals surface area (Å²) in [7, 11) is 0. The molecule has 7 nitrogen and oxygen atoms in total. The van der Waals surface area contributed by atoms with Gasteiger partial charge in [0.2, 0.25) is 5.91 Å². The lowest BCUT2D eigenvalue weighted by atomic mass is 10.1. The molecule has 0 radical (unpaired) electrons. The lowest BCUT2D eigenvalue weighted by Crippen LogP contribution is -2.39. The molecule has 1 heterocycles. The zero-order valence-corrected chi connectivity index (χ0v) is 18.5. The van der Waals surface area contributed by atoms with Gasteiger partial charge in [-0.15, -0.1) is 0 Å². The number of carbonyl (C=O) groups is 2. The van der Waals surface area contributed by atoms with Crippen LogP contribution in [0.4, 0.5) is 10.5 Å². The van der Waals surface area contributed by atoms with Crippen molar-refractivity contribution in [1.29, 1.82) is 0 Å². The van der Waals surface area contributed by atoms with Crippen LogP contribution in [0.5, 0.6) is 0 Å². The number of imide groups is 1. The molecule has 1 saturated carbocycles. The number of nitrogens with one attached hydrogen (secondary N) is 2. The molecule has 8 heteroatoms. The van der Waals surface area contributed by atoms with E-state index < -0.39 is 17.2 Å². The van der Waals surface area contributed by atoms with Crippen LogP contribution < -0.4 is 16.2 Å². The van der Waals surface area contributed by atoms with E-state index in [2.05, 4.69) is 15.6 Å². The quantitative estimate of drug-likeness (QED) is 0.462. The molecule has 3 aromatic rings. The molecule has 2 aromatic carbocycles. The van der Waals surface area contributed by atoms with Crippen molar-refractivity contribution in [2.75, 3.05) is 5.32 Å². The number of hydrogen-bond acceptors (Lipinski definition) is 5. The van der Waals surface area contributed by atoms with Gasteiger partial charge in [0, 0.05) is 11.7 Å². The van der Waals surface area contributed by atoms with Crippen molar-refractivity contribution in [1.82, 2.24) is 14.9 Å². The van der Waals surface area contributed by atoms with Gasteiger partial charge in [-0.1, -0.05) is 41.6 Å². The number of rotatable bonds is 5. The normalized spacial score (nSPS) is 14.3. The van der Waals surface area contributed by atoms with Gasteiger partial charge in [0.1, 0.15) is 0 Å². The Labute approximate surface area is 184 Å². The highest BCUT2D eigenvalue weighted by molar-refractivity contribution is 8.00. The summed E-state index contributed by atoms with van der Waals surface area (Å²) in [5.41, 5.74) is 3.17. The third kappa shape index (κ3) is 4.64. The Morgan fingerprint density at radius 2 is 1.90 bits per heavy atom. The van der Waals surface area contributed by atoms with Crippen molar-refractivity contribution in [3.05, 3.63) is 63.9 Å². The van der Waals surface area contributed by atoms with E-state index in [1.807, 2.05) is 38.1 Å². The highest BCUT2D eigenvalue weighted by Gasteiger charge is 2.30. The van der Waals surface area contributed by atoms with Gasteiger partial charge in [-0.2, -0.15) is 0 Å². The Morgan fingerprint density at radius 3 is 2.61 bits per heavy atom. The Balaban J connectivity index is 1.49. The molecule has 3 amide bonds. The highest BCUT2D eigenvalue weighted by atomic mass is 32.2. The monoisotopic (exact) mass is 436 g/mol. The fourth-order valence-corrected chi connectivity index (χ4v) is 4.37. The maximum absolute atomic E-state index is 13.0. The first-order valence-electron chi connectivity index (χ1n) is 10.2. The van der Waals surface area contributed by atoms with Crippen molar-refractivity contribution in [2.45, 2.75) is 50.1 Å². The number of carbonyl (C=O) groups excluding carboxylic acids is 2. The van der Waals surface area contributed by atoms with Crippen LogP contribution in [0, 0.1) is 13.8 Å². The van der Waals surface area contributed by atoms with Gasteiger partial charge in [0.05, 0.1) is 16.2 Å². The molecule has 1 fully saturated rings. The van der Waals surface area contributed by atoms with Gasteiger partial charge in [-0.3, -0.25) is 19.5 Å². The predicted octanol–water partition coefficient (Wildman–Crippen LogP) is 4.18. The van der Waals surface area contributed by atoms with Crippen LogP contribution in [0.3, 0.4) is 0 Å². The van der Waals surface area contributed by atoms with Crippen LogP contribution in [0.1, 0.15) is 36.9 Å². The summed E-state index contributed by atoms with van der Waals surface area (Å²) in [6, 6.07) is 12.4. The number of aromatic nitrogens is 2. The number of thioether (sulfide) groups is 1. The number of urea groups is 1. The number of anilines is 1. The zero-order valence-electron chi connectivity index (χ0n) is 17.6. The Hall–Kier alpha value is -3.13. The second-order valence-electron chi connectivity index (χ2n) is 7.84. The van der Waals surface area contributed by atoms with Gasteiger partial charge < -0.3 is 5.32 Å². The maximum Gasteiger partial charge on any atom is 0.325 e. The van der Waals surface area contributed by atoms with E-state index in [0.29, 0.717) is 21.7 Å². The van der Waals surface area contributed by atoms with E-state index >= 15 is 0 Å². The molecule has 0 bridgehead atoms. The summed E-state index contributed by atoms with van der Waals surface area (Å²) in [6.45, 7) is 5.57. The summed E-state index contributed by atoms with van der Waals surface area (Å²) < 4.78 is 1.69. The average molecular weight is 437 g/mol. The number of para-hydroxylation sites is 1. The molecule has 4 rings (SSSR count). The second kappa shape index (κ2) is 8.55. The molecule has 1 atom stereocenters. The standard InChI is InChI=1S/C23H24N4O3S/c1-13-8-11-18(14(2)12-13)24-22(30)26-20(28)15(3)31-23-25-19-7-5-4-6-17(19)21(29)27(23)16-9-10-16/h4-8,11-12,15-16H,9-10H2,1-3H3,(H2,24,26,28,30). The fourth-order valence-electron chi connectivity index (χ4n) is 3.40. The first-order chi connectivity index (χ1) is 14.8. The second-order valence-corrected chi connectivity index (χ2v) is 9.15. The first kappa shape index (κ1) is 21.1. The third-order valence-corrected chi connectivity index (χ3v) is 6.27. The number of benzene rings is 2. The minimum Gasteiger partial charge on any atom is -0.307 e. The van der Waals surface area contributed by atoms with Gasteiger partial charge >= 0.3 is 6.03 Å². The maximum atomic E-state index is 13.0. The number of fused-ring (bicyclic) bond motifs is 1. The van der Waals surface area contributed by atoms with E-state index in [0.717, 1.165) is 24.0 Å². The van der Waals surface area contributed by atoms with Gasteiger partial charge in [0.25, 0.3) is 5.56 Å². The summed E-state index contributed by atoms with van der Waals surface area (Å²) in [4.78, 5) is 42.5. The van der Waals surface area contributed by atoms with E-state index in [1.165, 1.54) is 11.8 Å². The minimum absolute atomic E-state index is 0.0872. The molecule has 31 heavy (non-hydrogen) atoms. The molecule has 0 aliphatic heterocycles. The van der Waals surface area contributed by atoms with Gasteiger partial charge in [-0.25, -0.2) is 9.78 Å². The highest BCUT2D eigenvalue weighted by Crippen LogP contribution is 2.37. The summed E-state index contributed by atoms with van der Waals surface area (Å²) in [5, 5.41) is 5.56. The Kier molecular flexibility index (Phi) is 5.82. The first-order valence-corrected chi connectivity index (χ1v) is 11.1. The molecule has 0 spiro atoms. The van der Waals surface area contributed by atoms with Gasteiger partial charge in [0.15, 0.2) is 5.16 Å². The summed E-state index contributed by atoms with van der Waals surface area (Å²) in [6.07, 6.45) is 1.85. The molecular formula is C23H24N4O3S. The van der Waals surface area contributed by atoms with Crippen molar-refractivity contribution in [2.24, 2.45) is 0 Å². The Morgan fingerprint density at radius 1 is 1.16 bits per heavy atom. The number of nitrogens with zero attached hydrogens (tertiary/aromatic N) is 2. The van der Waals surface area contributed by atoms with E-state index in [-0.39, 0.29) is 11.6 Å². The number of aryl methyl sites for hydroxylation is 2. The SMILES string of the molecule is Cc1ccc(NC(=O)NC(=O)C(C)Sc2nc3ccccc3c(=O)n2C2CC2)c(C)c1. The summed E-state index contributed by atoms with van der Waals surface area (Å²) >= 11 is 1.19. The Bertz CT molecular complexity index is 1230. The number of hydrogen-bond donors (Lipinski definition) is 2. The molecule has 1 aromatic heterocycles. The molecule has 0 saturated heterocycles. The topological polar surface area (TPSA) is 93.1 Å². The van der Waals surface area contributed by atoms with Crippen LogP contribution in [-0.2, 0) is 4.79 Å². The van der Waals surface area contributed by atoms with Crippen LogP contribution in [0.15, 0.2) is 52.4 Å². The van der Waals surface area contributed by atoms with E-state index in [4.69, 9.17) is 0 Å². The van der Waals surface area contributed by atoms with E-state index in [1.54, 1.807) is 29.7 Å². The lowest BCUT2D eigenvalue weighted by molar-refractivity contribution is -0.119. The molecule has 160 valence electrons. The lowest BCUT2D eigenvalue weighted by Gasteiger charge is -2.16. The zero-order chi connectivity index (χ0) is 22.1. The fraction of sp³-hybridized carbons (Fsp3) is 0.304. The van der Waals surface area contributed by atoms with Crippen molar-refractivity contribution in [3.8, 4) is 0 Å². The van der Waals surface area contributed by atoms with Crippen LogP contribution >= 0.6 is 11.8 Å². The van der Waals surface area contributed by atoms with Crippen molar-refractivity contribution in [3.63, 3.8) is 0 Å². The van der Waals surface area contributed by atoms with E-state index in [9.17, 15) is 14.4 Å². The summed E-state index contributed by atoms with van der Waals surface area (Å²) in [5.74, 6) is -0.447. The molecular weight excluding hydrogens is 412 g/mol. The van der Waals surface area contributed by atoms with Crippen LogP contribution in [-0.4, -0.2) is 26.7 Å². The van der Waals surface area contributed by atoms with Crippen molar-refractivity contribution >= 4 is 40.3 Å². The molecule has 1 unspecified atom stereocenters. The largest absolute Gasteiger partial charge is 0.325 e. The molecule has 1 aliphatic rings.